The van der Waals surface area contributed by atoms with Gasteiger partial charge in [-0.15, -0.1) is 0 Å². The Bertz CT molecular complexity index is 507. The van der Waals surface area contributed by atoms with E-state index in [0.29, 0.717) is 11.6 Å². The minimum Gasteiger partial charge on any atom is -0.338 e. The van der Waals surface area contributed by atoms with Gasteiger partial charge >= 0.3 is 0 Å². The summed E-state index contributed by atoms with van der Waals surface area (Å²) in [6.45, 7) is 5.25. The van der Waals surface area contributed by atoms with Crippen LogP contribution in [0.15, 0.2) is 12.3 Å². The molecule has 0 radical (unpaired) electrons. The third kappa shape index (κ3) is 2.98. The maximum absolute atomic E-state index is 9.06. The van der Waals surface area contributed by atoms with Crippen molar-refractivity contribution in [3.63, 3.8) is 0 Å². The van der Waals surface area contributed by atoms with E-state index in [2.05, 4.69) is 25.8 Å². The number of nitrogens with zero attached hydrogens (tertiary/aromatic N) is 6. The van der Waals surface area contributed by atoms with Crippen LogP contribution in [0.4, 0.5) is 5.95 Å². The third-order valence-electron chi connectivity index (χ3n) is 3.33. The standard InChI is InChI=1S/C13H16N6/c1-2-12(10-15)18-5-7-19(8-6-18)13-16-4-3-11(9-14)17-13/h3-4,12H,2,5-8H2,1H3. The molecule has 0 bridgehead atoms. The number of hydrogen-bond donors (Lipinski definition) is 0. The number of anilines is 1. The van der Waals surface area contributed by atoms with Crippen LogP contribution in [0.3, 0.4) is 0 Å². The van der Waals surface area contributed by atoms with Gasteiger partial charge in [0.25, 0.3) is 0 Å². The van der Waals surface area contributed by atoms with Crippen molar-refractivity contribution < 1.29 is 0 Å². The average Bonchev–Trinajstić information content (AvgIpc) is 2.49. The molecule has 0 aromatic carbocycles. The Morgan fingerprint density at radius 3 is 2.63 bits per heavy atom. The molecule has 1 atom stereocenters. The van der Waals surface area contributed by atoms with Gasteiger partial charge in [-0.05, 0) is 12.5 Å². The van der Waals surface area contributed by atoms with Gasteiger partial charge in [-0.2, -0.15) is 10.5 Å². The molecule has 1 unspecified atom stereocenters. The van der Waals surface area contributed by atoms with Crippen LogP contribution in [-0.4, -0.2) is 47.1 Å². The van der Waals surface area contributed by atoms with E-state index in [1.165, 1.54) is 0 Å². The van der Waals surface area contributed by atoms with Crippen molar-refractivity contribution in [1.29, 1.82) is 10.5 Å². The van der Waals surface area contributed by atoms with Crippen LogP contribution >= 0.6 is 0 Å². The summed E-state index contributed by atoms with van der Waals surface area (Å²) >= 11 is 0. The van der Waals surface area contributed by atoms with Crippen LogP contribution in [0.1, 0.15) is 19.0 Å². The number of rotatable bonds is 3. The first-order chi connectivity index (χ1) is 9.28. The van der Waals surface area contributed by atoms with Crippen molar-refractivity contribution in [1.82, 2.24) is 14.9 Å². The largest absolute Gasteiger partial charge is 0.338 e. The number of piperazine rings is 1. The zero-order valence-corrected chi connectivity index (χ0v) is 11.0. The van der Waals surface area contributed by atoms with Crippen LogP contribution in [-0.2, 0) is 0 Å². The molecule has 6 nitrogen and oxygen atoms in total. The highest BCUT2D eigenvalue weighted by Gasteiger charge is 2.23. The fraction of sp³-hybridized carbons (Fsp3) is 0.538. The predicted octanol–water partition coefficient (Wildman–Crippen LogP) is 0.772. The molecule has 6 heteroatoms. The zero-order valence-electron chi connectivity index (χ0n) is 11.0. The van der Waals surface area contributed by atoms with Gasteiger partial charge in [0.2, 0.25) is 5.95 Å². The SMILES string of the molecule is CCC(C#N)N1CCN(c2nccc(C#N)n2)CC1. The highest BCUT2D eigenvalue weighted by molar-refractivity contribution is 5.34. The molecule has 2 heterocycles. The van der Waals surface area contributed by atoms with E-state index >= 15 is 0 Å². The second-order valence-corrected chi connectivity index (χ2v) is 4.43. The summed E-state index contributed by atoms with van der Waals surface area (Å²) in [6.07, 6.45) is 2.45. The first-order valence-corrected chi connectivity index (χ1v) is 6.40. The van der Waals surface area contributed by atoms with E-state index < -0.39 is 0 Å². The Hall–Kier alpha value is -2.18. The molecule has 0 saturated carbocycles. The Kier molecular flexibility index (Phi) is 4.27. The molecule has 1 aromatic rings. The quantitative estimate of drug-likeness (QED) is 0.794. The first-order valence-electron chi connectivity index (χ1n) is 6.40. The van der Waals surface area contributed by atoms with Gasteiger partial charge in [0.05, 0.1) is 12.1 Å². The lowest BCUT2D eigenvalue weighted by atomic mass is 10.2. The molecule has 0 aliphatic carbocycles. The maximum atomic E-state index is 9.06. The van der Waals surface area contributed by atoms with E-state index in [1.54, 1.807) is 12.3 Å². The van der Waals surface area contributed by atoms with Crippen LogP contribution in [0.2, 0.25) is 0 Å². The molecule has 1 aliphatic heterocycles. The molecule has 1 aliphatic rings. The fourth-order valence-corrected chi connectivity index (χ4v) is 2.23. The predicted molar refractivity (Wildman–Crippen MR) is 70.2 cm³/mol. The lowest BCUT2D eigenvalue weighted by Crippen LogP contribution is -2.50. The second-order valence-electron chi connectivity index (χ2n) is 4.43. The molecule has 1 aromatic heterocycles. The fourth-order valence-electron chi connectivity index (χ4n) is 2.23. The van der Waals surface area contributed by atoms with E-state index in [-0.39, 0.29) is 6.04 Å². The van der Waals surface area contributed by atoms with Gasteiger partial charge in [-0.25, -0.2) is 9.97 Å². The number of nitriles is 2. The Labute approximate surface area is 112 Å². The summed E-state index contributed by atoms with van der Waals surface area (Å²) in [5.41, 5.74) is 0.385. The first kappa shape index (κ1) is 13.3. The topological polar surface area (TPSA) is 79.8 Å². The summed E-state index contributed by atoms with van der Waals surface area (Å²) in [6, 6.07) is 5.94. The van der Waals surface area contributed by atoms with Crippen molar-refractivity contribution >= 4 is 5.95 Å². The number of aromatic nitrogens is 2. The van der Waals surface area contributed by atoms with E-state index in [4.69, 9.17) is 10.5 Å². The smallest absolute Gasteiger partial charge is 0.226 e. The maximum Gasteiger partial charge on any atom is 0.226 e. The number of hydrogen-bond acceptors (Lipinski definition) is 6. The monoisotopic (exact) mass is 256 g/mol. The molecule has 1 fully saturated rings. The molecule has 98 valence electrons. The molecule has 0 N–H and O–H groups in total. The molecule has 2 rings (SSSR count). The van der Waals surface area contributed by atoms with Gasteiger partial charge in [0.15, 0.2) is 0 Å². The summed E-state index contributed by atoms with van der Waals surface area (Å²) in [7, 11) is 0. The summed E-state index contributed by atoms with van der Waals surface area (Å²) in [5.74, 6) is 0.601. The van der Waals surface area contributed by atoms with Crippen molar-refractivity contribution in [2.75, 3.05) is 31.1 Å². The molecule has 0 spiro atoms. The Balaban J connectivity index is 2.00. The normalized spacial score (nSPS) is 17.5. The van der Waals surface area contributed by atoms with Gasteiger partial charge in [-0.1, -0.05) is 6.92 Å². The van der Waals surface area contributed by atoms with Gasteiger partial charge in [0.1, 0.15) is 11.8 Å². The molecule has 0 amide bonds. The van der Waals surface area contributed by atoms with Crippen molar-refractivity contribution in [3.8, 4) is 12.1 Å². The Morgan fingerprint density at radius 2 is 2.05 bits per heavy atom. The molecular formula is C13H16N6. The highest BCUT2D eigenvalue weighted by Crippen LogP contribution is 2.13. The Morgan fingerprint density at radius 1 is 1.32 bits per heavy atom. The van der Waals surface area contributed by atoms with Crippen LogP contribution in [0.5, 0.6) is 0 Å². The summed E-state index contributed by atoms with van der Waals surface area (Å²) in [4.78, 5) is 12.6. The van der Waals surface area contributed by atoms with Gasteiger partial charge < -0.3 is 4.90 Å². The minimum atomic E-state index is -0.00601. The minimum absolute atomic E-state index is 0.00601. The van der Waals surface area contributed by atoms with E-state index in [9.17, 15) is 0 Å². The average molecular weight is 256 g/mol. The highest BCUT2D eigenvalue weighted by atomic mass is 15.3. The van der Waals surface area contributed by atoms with E-state index in [0.717, 1.165) is 32.6 Å². The lowest BCUT2D eigenvalue weighted by Gasteiger charge is -2.36. The second kappa shape index (κ2) is 6.12. The lowest BCUT2D eigenvalue weighted by molar-refractivity contribution is 0.215. The van der Waals surface area contributed by atoms with Crippen molar-refractivity contribution in [3.05, 3.63) is 18.0 Å². The van der Waals surface area contributed by atoms with E-state index in [1.807, 2.05) is 13.0 Å². The summed E-state index contributed by atoms with van der Waals surface area (Å²) in [5, 5.41) is 17.9. The van der Waals surface area contributed by atoms with Crippen molar-refractivity contribution in [2.24, 2.45) is 0 Å². The van der Waals surface area contributed by atoms with Gasteiger partial charge in [0, 0.05) is 32.4 Å². The zero-order chi connectivity index (χ0) is 13.7. The van der Waals surface area contributed by atoms with Crippen LogP contribution in [0, 0.1) is 22.7 Å². The van der Waals surface area contributed by atoms with Crippen molar-refractivity contribution in [2.45, 2.75) is 19.4 Å². The summed E-state index contributed by atoms with van der Waals surface area (Å²) < 4.78 is 0. The van der Waals surface area contributed by atoms with Crippen LogP contribution in [0.25, 0.3) is 0 Å². The van der Waals surface area contributed by atoms with Gasteiger partial charge in [-0.3, -0.25) is 4.90 Å². The third-order valence-corrected chi connectivity index (χ3v) is 3.33. The molecule has 1 saturated heterocycles. The molecule has 19 heavy (non-hydrogen) atoms. The van der Waals surface area contributed by atoms with Crippen LogP contribution < -0.4 is 4.90 Å². The molecular weight excluding hydrogens is 240 g/mol.